The van der Waals surface area contributed by atoms with Gasteiger partial charge in [0.2, 0.25) is 0 Å². The predicted molar refractivity (Wildman–Crippen MR) is 66.3 cm³/mol. The summed E-state index contributed by atoms with van der Waals surface area (Å²) in [6.07, 6.45) is 2.10. The summed E-state index contributed by atoms with van der Waals surface area (Å²) in [6, 6.07) is 5.75. The molecule has 0 aromatic heterocycles. The van der Waals surface area contributed by atoms with Crippen molar-refractivity contribution >= 4 is 5.69 Å². The van der Waals surface area contributed by atoms with E-state index < -0.39 is 0 Å². The molecule has 0 atom stereocenters. The molecular formula is C12H20N2O2. The van der Waals surface area contributed by atoms with E-state index in [0.29, 0.717) is 0 Å². The van der Waals surface area contributed by atoms with Crippen LogP contribution < -0.4 is 20.5 Å². The first-order valence-electron chi connectivity index (χ1n) is 5.47. The molecule has 0 aliphatic carbocycles. The van der Waals surface area contributed by atoms with Gasteiger partial charge in [-0.25, -0.2) is 0 Å². The zero-order valence-corrected chi connectivity index (χ0v) is 9.95. The second kappa shape index (κ2) is 6.95. The van der Waals surface area contributed by atoms with E-state index in [9.17, 15) is 0 Å². The Morgan fingerprint density at radius 1 is 1.06 bits per heavy atom. The number of benzene rings is 1. The number of ether oxygens (including phenoxy) is 2. The highest BCUT2D eigenvalue weighted by Gasteiger charge is 2.00. The minimum atomic E-state index is 0.739. The quantitative estimate of drug-likeness (QED) is 0.694. The van der Waals surface area contributed by atoms with Crippen LogP contribution in [0.4, 0.5) is 5.69 Å². The lowest BCUT2D eigenvalue weighted by Gasteiger charge is -2.10. The maximum Gasteiger partial charge on any atom is 0.124 e. The lowest BCUT2D eigenvalue weighted by atomic mass is 10.2. The lowest BCUT2D eigenvalue weighted by molar-refractivity contribution is 0.394. The first kappa shape index (κ1) is 12.6. The third-order valence-corrected chi connectivity index (χ3v) is 2.31. The molecule has 0 aliphatic rings. The van der Waals surface area contributed by atoms with Crippen molar-refractivity contribution in [3.63, 3.8) is 0 Å². The van der Waals surface area contributed by atoms with Gasteiger partial charge in [-0.3, -0.25) is 0 Å². The molecule has 0 aliphatic heterocycles. The van der Waals surface area contributed by atoms with E-state index in [1.807, 2.05) is 18.2 Å². The number of anilines is 1. The van der Waals surface area contributed by atoms with Crippen LogP contribution >= 0.6 is 0 Å². The Hall–Kier alpha value is -1.42. The first-order chi connectivity index (χ1) is 7.80. The molecule has 4 heteroatoms. The topological polar surface area (TPSA) is 56.5 Å². The summed E-state index contributed by atoms with van der Waals surface area (Å²) in [7, 11) is 3.29. The molecule has 0 saturated carbocycles. The average molecular weight is 224 g/mol. The Morgan fingerprint density at radius 3 is 2.19 bits per heavy atom. The molecule has 1 aromatic carbocycles. The molecule has 0 amide bonds. The Bertz CT molecular complexity index is 294. The van der Waals surface area contributed by atoms with Gasteiger partial charge in [0, 0.05) is 30.4 Å². The minimum absolute atomic E-state index is 0.739. The van der Waals surface area contributed by atoms with Crippen LogP contribution in [0.15, 0.2) is 18.2 Å². The van der Waals surface area contributed by atoms with E-state index in [4.69, 9.17) is 15.2 Å². The summed E-state index contributed by atoms with van der Waals surface area (Å²) >= 11 is 0. The predicted octanol–water partition coefficient (Wildman–Crippen LogP) is 1.85. The number of unbranched alkanes of at least 4 members (excludes halogenated alkanes) is 1. The zero-order valence-electron chi connectivity index (χ0n) is 9.95. The van der Waals surface area contributed by atoms with Gasteiger partial charge in [-0.05, 0) is 19.4 Å². The summed E-state index contributed by atoms with van der Waals surface area (Å²) < 4.78 is 10.4. The minimum Gasteiger partial charge on any atom is -0.497 e. The van der Waals surface area contributed by atoms with Crippen molar-refractivity contribution in [2.75, 3.05) is 32.6 Å². The number of nitrogens with two attached hydrogens (primary N) is 1. The van der Waals surface area contributed by atoms with E-state index in [-0.39, 0.29) is 0 Å². The molecule has 0 unspecified atom stereocenters. The van der Waals surface area contributed by atoms with Crippen molar-refractivity contribution in [3.8, 4) is 11.5 Å². The number of nitrogens with one attached hydrogen (secondary N) is 1. The fourth-order valence-corrected chi connectivity index (χ4v) is 1.41. The number of hydrogen-bond donors (Lipinski definition) is 2. The van der Waals surface area contributed by atoms with Crippen molar-refractivity contribution < 1.29 is 9.47 Å². The second-order valence-corrected chi connectivity index (χ2v) is 3.52. The largest absolute Gasteiger partial charge is 0.497 e. The molecule has 3 N–H and O–H groups in total. The van der Waals surface area contributed by atoms with Crippen LogP contribution in [0.5, 0.6) is 11.5 Å². The monoisotopic (exact) mass is 224 g/mol. The second-order valence-electron chi connectivity index (χ2n) is 3.52. The highest BCUT2D eigenvalue weighted by Crippen LogP contribution is 2.25. The zero-order chi connectivity index (χ0) is 11.8. The average Bonchev–Trinajstić information content (AvgIpc) is 2.34. The third kappa shape index (κ3) is 3.98. The Balaban J connectivity index is 2.57. The van der Waals surface area contributed by atoms with E-state index in [0.717, 1.165) is 43.1 Å². The van der Waals surface area contributed by atoms with Gasteiger partial charge >= 0.3 is 0 Å². The van der Waals surface area contributed by atoms with Gasteiger partial charge in [-0.2, -0.15) is 0 Å². The van der Waals surface area contributed by atoms with E-state index in [1.165, 1.54) is 0 Å². The molecule has 0 saturated heterocycles. The Labute approximate surface area is 96.7 Å². The van der Waals surface area contributed by atoms with Crippen molar-refractivity contribution in [1.82, 2.24) is 0 Å². The van der Waals surface area contributed by atoms with Crippen LogP contribution in [0.1, 0.15) is 12.8 Å². The molecule has 1 aromatic rings. The number of rotatable bonds is 7. The maximum atomic E-state index is 5.43. The molecular weight excluding hydrogens is 204 g/mol. The molecule has 0 heterocycles. The van der Waals surface area contributed by atoms with E-state index >= 15 is 0 Å². The fraction of sp³-hybridized carbons (Fsp3) is 0.500. The van der Waals surface area contributed by atoms with Gasteiger partial charge < -0.3 is 20.5 Å². The summed E-state index contributed by atoms with van der Waals surface area (Å²) in [4.78, 5) is 0. The van der Waals surface area contributed by atoms with Crippen molar-refractivity contribution in [2.45, 2.75) is 12.8 Å². The summed E-state index contributed by atoms with van der Waals surface area (Å²) in [5.74, 6) is 1.58. The van der Waals surface area contributed by atoms with Gasteiger partial charge in [-0.1, -0.05) is 0 Å². The van der Waals surface area contributed by atoms with Crippen molar-refractivity contribution in [2.24, 2.45) is 5.73 Å². The molecule has 0 fully saturated rings. The Kier molecular flexibility index (Phi) is 5.50. The maximum absolute atomic E-state index is 5.43. The summed E-state index contributed by atoms with van der Waals surface area (Å²) in [6.45, 7) is 1.65. The van der Waals surface area contributed by atoms with Crippen molar-refractivity contribution in [3.05, 3.63) is 18.2 Å². The van der Waals surface area contributed by atoms with E-state index in [1.54, 1.807) is 14.2 Å². The van der Waals surface area contributed by atoms with E-state index in [2.05, 4.69) is 5.32 Å². The van der Waals surface area contributed by atoms with Gasteiger partial charge in [0.15, 0.2) is 0 Å². The van der Waals surface area contributed by atoms with Gasteiger partial charge in [0.1, 0.15) is 11.5 Å². The fourth-order valence-electron chi connectivity index (χ4n) is 1.41. The normalized spacial score (nSPS) is 9.94. The molecule has 0 spiro atoms. The molecule has 1 rings (SSSR count). The van der Waals surface area contributed by atoms with Crippen molar-refractivity contribution in [1.29, 1.82) is 0 Å². The smallest absolute Gasteiger partial charge is 0.124 e. The number of methoxy groups -OCH3 is 2. The molecule has 90 valence electrons. The van der Waals surface area contributed by atoms with Crippen LogP contribution in [0.2, 0.25) is 0 Å². The van der Waals surface area contributed by atoms with Crippen LogP contribution in [-0.4, -0.2) is 27.3 Å². The molecule has 4 nitrogen and oxygen atoms in total. The Morgan fingerprint density at radius 2 is 1.69 bits per heavy atom. The van der Waals surface area contributed by atoms with Gasteiger partial charge in [0.25, 0.3) is 0 Å². The molecule has 0 bridgehead atoms. The highest BCUT2D eigenvalue weighted by molar-refractivity contribution is 5.53. The van der Waals surface area contributed by atoms with Crippen LogP contribution in [0.25, 0.3) is 0 Å². The third-order valence-electron chi connectivity index (χ3n) is 2.31. The summed E-state index contributed by atoms with van der Waals surface area (Å²) in [5.41, 5.74) is 6.44. The first-order valence-corrected chi connectivity index (χ1v) is 5.47. The van der Waals surface area contributed by atoms with Gasteiger partial charge in [-0.15, -0.1) is 0 Å². The molecule has 16 heavy (non-hydrogen) atoms. The summed E-state index contributed by atoms with van der Waals surface area (Å²) in [5, 5.41) is 3.31. The SMILES string of the molecule is COc1cc(NCCCCN)cc(OC)c1. The number of hydrogen-bond acceptors (Lipinski definition) is 4. The van der Waals surface area contributed by atoms with Crippen LogP contribution in [0.3, 0.4) is 0 Å². The van der Waals surface area contributed by atoms with Crippen LogP contribution in [0, 0.1) is 0 Å². The standard InChI is InChI=1S/C12H20N2O2/c1-15-11-7-10(8-12(9-11)16-2)14-6-4-3-5-13/h7-9,14H,3-6,13H2,1-2H3. The van der Waals surface area contributed by atoms with Crippen LogP contribution in [-0.2, 0) is 0 Å². The van der Waals surface area contributed by atoms with Gasteiger partial charge in [0.05, 0.1) is 14.2 Å². The molecule has 0 radical (unpaired) electrons. The highest BCUT2D eigenvalue weighted by atomic mass is 16.5. The lowest BCUT2D eigenvalue weighted by Crippen LogP contribution is -2.05.